The number of pyridine rings is 1. The number of nitrogens with zero attached hydrogens (tertiary/aromatic N) is 4. The predicted molar refractivity (Wildman–Crippen MR) is 100 cm³/mol. The molecule has 1 N–H and O–H groups in total. The average Bonchev–Trinajstić information content (AvgIpc) is 3.21. The molecule has 0 aliphatic rings. The highest BCUT2D eigenvalue weighted by Crippen LogP contribution is 2.24. The first-order chi connectivity index (χ1) is 12.5. The van der Waals surface area contributed by atoms with Crippen LogP contribution < -0.4 is 10.9 Å². The minimum absolute atomic E-state index is 0.133. The molecule has 0 radical (unpaired) electrons. The molecule has 0 saturated carbocycles. The molecule has 0 aromatic carbocycles. The molecule has 0 aliphatic heterocycles. The third kappa shape index (κ3) is 2.78. The number of amides is 1. The lowest BCUT2D eigenvalue weighted by atomic mass is 10.2. The van der Waals surface area contributed by atoms with Crippen molar-refractivity contribution in [3.63, 3.8) is 0 Å². The highest BCUT2D eigenvalue weighted by atomic mass is 32.1. The zero-order chi connectivity index (χ0) is 18.3. The zero-order valence-electron chi connectivity index (χ0n) is 14.3. The Bertz CT molecular complexity index is 1160. The second kappa shape index (κ2) is 6.38. The van der Waals surface area contributed by atoms with Crippen LogP contribution in [-0.2, 0) is 11.3 Å². The van der Waals surface area contributed by atoms with Gasteiger partial charge >= 0.3 is 0 Å². The lowest BCUT2D eigenvalue weighted by molar-refractivity contribution is -0.122. The summed E-state index contributed by atoms with van der Waals surface area (Å²) >= 11 is 1.57. The Hall–Kier alpha value is -3.00. The van der Waals surface area contributed by atoms with Gasteiger partial charge in [0.1, 0.15) is 17.9 Å². The number of aryl methyl sites for hydroxylation is 1. The van der Waals surface area contributed by atoms with Gasteiger partial charge < -0.3 is 5.32 Å². The number of carbonyl (C=O) groups is 1. The molecular weight excluding hydrogens is 350 g/mol. The fourth-order valence-electron chi connectivity index (χ4n) is 3.06. The molecule has 4 heterocycles. The van der Waals surface area contributed by atoms with Crippen molar-refractivity contribution in [3.05, 3.63) is 63.8 Å². The fourth-order valence-corrected chi connectivity index (χ4v) is 3.87. The average molecular weight is 367 g/mol. The summed E-state index contributed by atoms with van der Waals surface area (Å²) in [6.45, 7) is 3.55. The van der Waals surface area contributed by atoms with Crippen molar-refractivity contribution < 1.29 is 4.79 Å². The van der Waals surface area contributed by atoms with Crippen molar-refractivity contribution in [3.8, 4) is 0 Å². The van der Waals surface area contributed by atoms with E-state index in [4.69, 9.17) is 0 Å². The Balaban J connectivity index is 1.62. The number of hydrogen-bond donors (Lipinski definition) is 1. The molecule has 1 atom stereocenters. The largest absolute Gasteiger partial charge is 0.346 e. The van der Waals surface area contributed by atoms with Crippen LogP contribution in [0.25, 0.3) is 15.7 Å². The Kier molecular flexibility index (Phi) is 4.04. The van der Waals surface area contributed by atoms with Gasteiger partial charge in [-0.1, -0.05) is 6.07 Å². The van der Waals surface area contributed by atoms with E-state index in [1.165, 1.54) is 4.68 Å². The van der Waals surface area contributed by atoms with Crippen LogP contribution in [0.2, 0.25) is 0 Å². The van der Waals surface area contributed by atoms with Crippen LogP contribution in [0, 0.1) is 6.92 Å². The molecule has 0 saturated heterocycles. The SMILES string of the molecule is Cc1nn(CC(=O)N[C@H](C)c2ccccn2)c(=O)c2cc3sccc3n12. The van der Waals surface area contributed by atoms with E-state index in [1.807, 2.05) is 54.0 Å². The van der Waals surface area contributed by atoms with E-state index in [0.717, 1.165) is 15.9 Å². The van der Waals surface area contributed by atoms with Crippen molar-refractivity contribution in [2.45, 2.75) is 26.4 Å². The second-order valence-electron chi connectivity index (χ2n) is 6.09. The maximum absolute atomic E-state index is 12.7. The zero-order valence-corrected chi connectivity index (χ0v) is 15.2. The van der Waals surface area contributed by atoms with E-state index in [9.17, 15) is 9.59 Å². The lowest BCUT2D eigenvalue weighted by Crippen LogP contribution is -2.36. The van der Waals surface area contributed by atoms with E-state index >= 15 is 0 Å². The van der Waals surface area contributed by atoms with E-state index in [-0.39, 0.29) is 24.1 Å². The Morgan fingerprint density at radius 1 is 1.31 bits per heavy atom. The van der Waals surface area contributed by atoms with Gasteiger partial charge in [0.25, 0.3) is 5.56 Å². The Labute approximate surface area is 152 Å². The molecule has 4 aromatic heterocycles. The van der Waals surface area contributed by atoms with Gasteiger partial charge in [0, 0.05) is 6.20 Å². The highest BCUT2D eigenvalue weighted by molar-refractivity contribution is 7.17. The predicted octanol–water partition coefficient (Wildman–Crippen LogP) is 2.29. The number of fused-ring (bicyclic) bond motifs is 3. The highest BCUT2D eigenvalue weighted by Gasteiger charge is 2.16. The monoisotopic (exact) mass is 367 g/mol. The van der Waals surface area contributed by atoms with Crippen molar-refractivity contribution in [2.24, 2.45) is 0 Å². The van der Waals surface area contributed by atoms with E-state index in [0.29, 0.717) is 11.3 Å². The molecule has 1 amide bonds. The third-order valence-corrected chi connectivity index (χ3v) is 5.12. The van der Waals surface area contributed by atoms with Gasteiger partial charge in [-0.05, 0) is 43.5 Å². The molecule has 26 heavy (non-hydrogen) atoms. The van der Waals surface area contributed by atoms with Crippen molar-refractivity contribution >= 4 is 33.0 Å². The minimum Gasteiger partial charge on any atom is -0.346 e. The summed E-state index contributed by atoms with van der Waals surface area (Å²) in [7, 11) is 0. The topological polar surface area (TPSA) is 81.3 Å². The maximum Gasteiger partial charge on any atom is 0.291 e. The summed E-state index contributed by atoms with van der Waals surface area (Å²) in [5.41, 5.74) is 1.98. The number of thiophene rings is 1. The fraction of sp³-hybridized carbons (Fsp3) is 0.222. The first kappa shape index (κ1) is 16.5. The molecule has 0 bridgehead atoms. The molecule has 8 heteroatoms. The van der Waals surface area contributed by atoms with Gasteiger partial charge in [-0.25, -0.2) is 4.68 Å². The van der Waals surface area contributed by atoms with Gasteiger partial charge in [-0.3, -0.25) is 19.0 Å². The number of nitrogens with one attached hydrogen (secondary N) is 1. The molecular formula is C18H17N5O2S. The van der Waals surface area contributed by atoms with Crippen LogP contribution >= 0.6 is 11.3 Å². The van der Waals surface area contributed by atoms with Crippen LogP contribution in [0.1, 0.15) is 24.5 Å². The summed E-state index contributed by atoms with van der Waals surface area (Å²) < 4.78 is 4.08. The Morgan fingerprint density at radius 3 is 2.92 bits per heavy atom. The molecule has 0 spiro atoms. The van der Waals surface area contributed by atoms with Crippen LogP contribution in [-0.4, -0.2) is 25.1 Å². The van der Waals surface area contributed by atoms with Crippen LogP contribution in [0.15, 0.2) is 46.7 Å². The molecule has 0 unspecified atom stereocenters. The smallest absolute Gasteiger partial charge is 0.291 e. The standard InChI is InChI=1S/C18H17N5O2S/c1-11(13-5-3-4-7-19-13)20-17(24)10-22-18(25)15-9-16-14(6-8-26-16)23(15)12(2)21-22/h3-9,11H,10H2,1-2H3,(H,20,24)/t11-/m1/s1. The van der Waals surface area contributed by atoms with Crippen LogP contribution in [0.4, 0.5) is 0 Å². The van der Waals surface area contributed by atoms with Crippen molar-refractivity contribution in [2.75, 3.05) is 0 Å². The summed E-state index contributed by atoms with van der Waals surface area (Å²) in [5, 5.41) is 9.15. The molecule has 4 rings (SSSR count). The minimum atomic E-state index is -0.283. The second-order valence-corrected chi connectivity index (χ2v) is 7.04. The first-order valence-electron chi connectivity index (χ1n) is 8.21. The lowest BCUT2D eigenvalue weighted by Gasteiger charge is -2.14. The van der Waals surface area contributed by atoms with Crippen molar-refractivity contribution in [1.29, 1.82) is 0 Å². The van der Waals surface area contributed by atoms with Crippen LogP contribution in [0.3, 0.4) is 0 Å². The van der Waals surface area contributed by atoms with Crippen molar-refractivity contribution in [1.82, 2.24) is 24.5 Å². The molecule has 132 valence electrons. The molecule has 0 aliphatic carbocycles. The van der Waals surface area contributed by atoms with Crippen LogP contribution in [0.5, 0.6) is 0 Å². The number of rotatable bonds is 4. The summed E-state index contributed by atoms with van der Waals surface area (Å²) in [6.07, 6.45) is 1.68. The normalized spacial score (nSPS) is 12.5. The summed E-state index contributed by atoms with van der Waals surface area (Å²) in [6, 6.07) is 9.10. The summed E-state index contributed by atoms with van der Waals surface area (Å²) in [4.78, 5) is 29.3. The molecule has 7 nitrogen and oxygen atoms in total. The maximum atomic E-state index is 12.7. The molecule has 0 fully saturated rings. The van der Waals surface area contributed by atoms with E-state index in [1.54, 1.807) is 17.5 Å². The van der Waals surface area contributed by atoms with E-state index < -0.39 is 0 Å². The summed E-state index contributed by atoms with van der Waals surface area (Å²) in [5.74, 6) is 0.383. The van der Waals surface area contributed by atoms with Gasteiger partial charge in [0.15, 0.2) is 0 Å². The van der Waals surface area contributed by atoms with Gasteiger partial charge in [0.2, 0.25) is 5.91 Å². The van der Waals surface area contributed by atoms with Gasteiger partial charge in [-0.15, -0.1) is 11.3 Å². The van der Waals surface area contributed by atoms with Gasteiger partial charge in [0.05, 0.1) is 22.0 Å². The van der Waals surface area contributed by atoms with Gasteiger partial charge in [-0.2, -0.15) is 5.10 Å². The molecule has 4 aromatic rings. The van der Waals surface area contributed by atoms with E-state index in [2.05, 4.69) is 15.4 Å². The third-order valence-electron chi connectivity index (χ3n) is 4.27. The quantitative estimate of drug-likeness (QED) is 0.600. The number of aromatic nitrogens is 4. The first-order valence-corrected chi connectivity index (χ1v) is 9.09. The number of carbonyl (C=O) groups excluding carboxylic acids is 1. The number of hydrogen-bond acceptors (Lipinski definition) is 5. The Morgan fingerprint density at radius 2 is 2.15 bits per heavy atom.